The minimum atomic E-state index is 0.0851. The van der Waals surface area contributed by atoms with Crippen molar-refractivity contribution in [2.24, 2.45) is 0 Å². The second-order valence-corrected chi connectivity index (χ2v) is 3.30. The van der Waals surface area contributed by atoms with Gasteiger partial charge in [-0.3, -0.25) is 4.79 Å². The molecule has 0 aliphatic carbocycles. The zero-order valence-corrected chi connectivity index (χ0v) is 8.30. The molecular formula is C9H3Cl2N2O. The quantitative estimate of drug-likeness (QED) is 0.749. The van der Waals surface area contributed by atoms with Crippen LogP contribution in [0.2, 0.25) is 10.3 Å². The first kappa shape index (κ1) is 9.37. The lowest BCUT2D eigenvalue weighted by Crippen LogP contribution is -1.91. The number of halogens is 2. The number of para-hydroxylation sites is 1. The van der Waals surface area contributed by atoms with Crippen LogP contribution in [0.3, 0.4) is 0 Å². The zero-order chi connectivity index (χ0) is 10.1. The van der Waals surface area contributed by atoms with Gasteiger partial charge in [-0.1, -0.05) is 29.3 Å². The highest BCUT2D eigenvalue weighted by atomic mass is 35.5. The van der Waals surface area contributed by atoms with Crippen molar-refractivity contribution in [1.29, 1.82) is 0 Å². The maximum absolute atomic E-state index is 10.5. The summed E-state index contributed by atoms with van der Waals surface area (Å²) in [5, 5.41) is 0.212. The second kappa shape index (κ2) is 3.52. The molecule has 0 saturated carbocycles. The second-order valence-electron chi connectivity index (χ2n) is 2.58. The largest absolute Gasteiger partial charge is 0.285 e. The summed E-state index contributed by atoms with van der Waals surface area (Å²) < 4.78 is 0. The Hall–Kier alpha value is -1.19. The summed E-state index contributed by atoms with van der Waals surface area (Å²) in [6.45, 7) is 0. The van der Waals surface area contributed by atoms with Gasteiger partial charge in [-0.25, -0.2) is 9.97 Å². The van der Waals surface area contributed by atoms with E-state index < -0.39 is 0 Å². The number of benzene rings is 1. The third-order valence-electron chi connectivity index (χ3n) is 1.72. The van der Waals surface area contributed by atoms with E-state index in [0.29, 0.717) is 16.6 Å². The van der Waals surface area contributed by atoms with Crippen LogP contribution in [0.25, 0.3) is 11.0 Å². The van der Waals surface area contributed by atoms with E-state index in [-0.39, 0.29) is 10.3 Å². The number of fused-ring (bicyclic) bond motifs is 1. The highest BCUT2D eigenvalue weighted by Gasteiger charge is 2.07. The summed E-state index contributed by atoms with van der Waals surface area (Å²) in [7, 11) is 0. The summed E-state index contributed by atoms with van der Waals surface area (Å²) in [6, 6.07) is 4.97. The normalized spacial score (nSPS) is 10.4. The van der Waals surface area contributed by atoms with E-state index >= 15 is 0 Å². The van der Waals surface area contributed by atoms with Crippen LogP contribution in [0.4, 0.5) is 0 Å². The van der Waals surface area contributed by atoms with Crippen molar-refractivity contribution >= 4 is 40.5 Å². The Morgan fingerprint density at radius 2 is 1.86 bits per heavy atom. The molecule has 3 nitrogen and oxygen atoms in total. The average molecular weight is 226 g/mol. The van der Waals surface area contributed by atoms with E-state index in [2.05, 4.69) is 9.97 Å². The Balaban J connectivity index is 2.88. The molecule has 0 atom stereocenters. The Morgan fingerprint density at radius 1 is 1.14 bits per heavy atom. The first-order valence-corrected chi connectivity index (χ1v) is 4.48. The molecule has 1 radical (unpaired) electrons. The van der Waals surface area contributed by atoms with Crippen LogP contribution < -0.4 is 0 Å². The average Bonchev–Trinajstić information content (AvgIpc) is 2.19. The molecule has 0 fully saturated rings. The lowest BCUT2D eigenvalue weighted by Gasteiger charge is -2.00. The van der Waals surface area contributed by atoms with E-state index in [0.717, 1.165) is 0 Å². The molecule has 69 valence electrons. The molecule has 14 heavy (non-hydrogen) atoms. The van der Waals surface area contributed by atoms with Gasteiger partial charge in [0.25, 0.3) is 0 Å². The fourth-order valence-electron chi connectivity index (χ4n) is 1.12. The Labute approximate surface area is 89.7 Å². The van der Waals surface area contributed by atoms with Gasteiger partial charge in [0.1, 0.15) is 5.52 Å². The first-order chi connectivity index (χ1) is 6.72. The van der Waals surface area contributed by atoms with Crippen LogP contribution in [-0.2, 0) is 4.79 Å². The van der Waals surface area contributed by atoms with Gasteiger partial charge in [0, 0.05) is 0 Å². The summed E-state index contributed by atoms with van der Waals surface area (Å²) in [5.74, 6) is 0. The maximum Gasteiger partial charge on any atom is 0.235 e. The van der Waals surface area contributed by atoms with Gasteiger partial charge < -0.3 is 0 Å². The molecule has 5 heteroatoms. The van der Waals surface area contributed by atoms with Crippen molar-refractivity contribution < 1.29 is 4.79 Å². The smallest absolute Gasteiger partial charge is 0.235 e. The zero-order valence-electron chi connectivity index (χ0n) is 6.79. The number of hydrogen-bond donors (Lipinski definition) is 0. The van der Waals surface area contributed by atoms with Crippen molar-refractivity contribution in [1.82, 2.24) is 9.97 Å². The summed E-state index contributed by atoms with van der Waals surface area (Å²) in [4.78, 5) is 18.5. The topological polar surface area (TPSA) is 42.9 Å². The van der Waals surface area contributed by atoms with Crippen LogP contribution in [0.5, 0.6) is 0 Å². The SMILES string of the molecule is O=[C]c1cccc2nc(Cl)c(Cl)nc12. The molecule has 1 aromatic carbocycles. The van der Waals surface area contributed by atoms with Gasteiger partial charge in [0.15, 0.2) is 10.3 Å². The molecule has 0 N–H and O–H groups in total. The van der Waals surface area contributed by atoms with E-state index in [4.69, 9.17) is 23.2 Å². The molecule has 1 aromatic heterocycles. The monoisotopic (exact) mass is 225 g/mol. The van der Waals surface area contributed by atoms with E-state index in [9.17, 15) is 4.79 Å². The van der Waals surface area contributed by atoms with Gasteiger partial charge in [-0.15, -0.1) is 0 Å². The predicted molar refractivity (Wildman–Crippen MR) is 54.4 cm³/mol. The molecular weight excluding hydrogens is 223 g/mol. The summed E-state index contributed by atoms with van der Waals surface area (Å²) in [6.07, 6.45) is 1.76. The Morgan fingerprint density at radius 3 is 2.57 bits per heavy atom. The Bertz CT molecular complexity index is 513. The van der Waals surface area contributed by atoms with Gasteiger partial charge in [-0.2, -0.15) is 0 Å². The van der Waals surface area contributed by atoms with Crippen LogP contribution in [0.15, 0.2) is 18.2 Å². The van der Waals surface area contributed by atoms with Crippen molar-refractivity contribution in [3.05, 3.63) is 34.1 Å². The highest BCUT2D eigenvalue weighted by Crippen LogP contribution is 2.22. The minimum Gasteiger partial charge on any atom is -0.285 e. The third-order valence-corrected chi connectivity index (χ3v) is 2.35. The molecule has 0 spiro atoms. The van der Waals surface area contributed by atoms with Crippen LogP contribution >= 0.6 is 23.2 Å². The molecule has 0 aliphatic heterocycles. The predicted octanol–water partition coefficient (Wildman–Crippen LogP) is 2.39. The maximum atomic E-state index is 10.5. The van der Waals surface area contributed by atoms with Gasteiger partial charge in [0.05, 0.1) is 11.1 Å². The lowest BCUT2D eigenvalue weighted by atomic mass is 10.2. The van der Waals surface area contributed by atoms with Gasteiger partial charge in [-0.05, 0) is 12.1 Å². The van der Waals surface area contributed by atoms with E-state index in [1.807, 2.05) is 0 Å². The number of hydrogen-bond acceptors (Lipinski definition) is 3. The lowest BCUT2D eigenvalue weighted by molar-refractivity contribution is 0.563. The molecule has 0 aliphatic rings. The van der Waals surface area contributed by atoms with Gasteiger partial charge in [0.2, 0.25) is 6.29 Å². The number of nitrogens with zero attached hydrogens (tertiary/aromatic N) is 2. The fraction of sp³-hybridized carbons (Fsp3) is 0. The summed E-state index contributed by atoms with van der Waals surface area (Å²) >= 11 is 11.4. The number of rotatable bonds is 1. The first-order valence-electron chi connectivity index (χ1n) is 3.72. The molecule has 0 unspecified atom stereocenters. The van der Waals surface area contributed by atoms with Crippen molar-refractivity contribution in [3.63, 3.8) is 0 Å². The van der Waals surface area contributed by atoms with Crippen LogP contribution in [-0.4, -0.2) is 16.3 Å². The van der Waals surface area contributed by atoms with Crippen molar-refractivity contribution in [2.45, 2.75) is 0 Å². The Kier molecular flexibility index (Phi) is 2.35. The molecule has 0 amide bonds. The molecule has 0 bridgehead atoms. The van der Waals surface area contributed by atoms with Crippen LogP contribution in [0.1, 0.15) is 5.56 Å². The minimum absolute atomic E-state index is 0.0851. The van der Waals surface area contributed by atoms with Gasteiger partial charge >= 0.3 is 0 Å². The van der Waals surface area contributed by atoms with E-state index in [1.54, 1.807) is 24.5 Å². The standard InChI is InChI=1S/C9H3Cl2N2O/c10-8-9(11)13-7-5(4-14)2-1-3-6(7)12-8/h1-3H. The van der Waals surface area contributed by atoms with Crippen molar-refractivity contribution in [2.75, 3.05) is 0 Å². The van der Waals surface area contributed by atoms with Crippen molar-refractivity contribution in [3.8, 4) is 0 Å². The highest BCUT2D eigenvalue weighted by molar-refractivity contribution is 6.40. The molecule has 1 heterocycles. The third kappa shape index (κ3) is 1.45. The van der Waals surface area contributed by atoms with Crippen LogP contribution in [0, 0.1) is 0 Å². The molecule has 0 saturated heterocycles. The molecule has 2 rings (SSSR count). The molecule has 2 aromatic rings. The van der Waals surface area contributed by atoms with E-state index in [1.165, 1.54) is 0 Å². The number of aromatic nitrogens is 2. The summed E-state index contributed by atoms with van der Waals surface area (Å²) in [5.41, 5.74) is 1.27. The number of carbonyl (C=O) groups excluding carboxylic acids is 1. The fourth-order valence-corrected chi connectivity index (χ4v) is 1.38.